The van der Waals surface area contributed by atoms with Gasteiger partial charge in [-0.05, 0) is 73.4 Å². The number of allylic oxidation sites excluding steroid dienone is 1. The molecular formula is C35H43FN6O8. The Kier molecular flexibility index (Phi) is 10.4. The number of carbonyl (C=O) groups is 4. The summed E-state index contributed by atoms with van der Waals surface area (Å²) in [6.07, 6.45) is 0.754. The molecule has 0 unspecified atom stereocenters. The molecule has 14 nitrogen and oxygen atoms in total. The number of aromatic nitrogens is 1. The molecule has 0 spiro atoms. The van der Waals surface area contributed by atoms with E-state index in [1.165, 1.54) is 23.6 Å². The molecular weight excluding hydrogens is 651 g/mol. The van der Waals surface area contributed by atoms with Crippen LogP contribution in [0.3, 0.4) is 0 Å². The van der Waals surface area contributed by atoms with Gasteiger partial charge in [-0.3, -0.25) is 24.6 Å². The molecule has 15 heteroatoms. The van der Waals surface area contributed by atoms with Crippen LogP contribution in [0.1, 0.15) is 74.0 Å². The molecule has 50 heavy (non-hydrogen) atoms. The largest absolute Gasteiger partial charge is 0.458 e. The Morgan fingerprint density at radius 3 is 2.60 bits per heavy atom. The molecule has 3 aliphatic rings. The zero-order chi connectivity index (χ0) is 36.7. The van der Waals surface area contributed by atoms with E-state index in [-0.39, 0.29) is 60.6 Å². The van der Waals surface area contributed by atoms with Crippen molar-refractivity contribution in [2.45, 2.75) is 90.8 Å². The molecule has 0 radical (unpaired) electrons. The van der Waals surface area contributed by atoms with Crippen LogP contribution < -0.4 is 27.2 Å². The maximum Gasteiger partial charge on any atom is 0.343 e. The first-order valence-electron chi connectivity index (χ1n) is 16.6. The Morgan fingerprint density at radius 1 is 1.20 bits per heavy atom. The number of fused-ring (bicyclic) bond motifs is 3. The summed E-state index contributed by atoms with van der Waals surface area (Å²) in [5, 5.41) is 28.3. The van der Waals surface area contributed by atoms with Crippen molar-refractivity contribution in [3.8, 4) is 0 Å². The van der Waals surface area contributed by atoms with Crippen LogP contribution in [0.5, 0.6) is 0 Å². The Bertz CT molecular complexity index is 1870. The minimum Gasteiger partial charge on any atom is -0.458 e. The monoisotopic (exact) mass is 694 g/mol. The third-order valence-corrected chi connectivity index (χ3v) is 9.79. The Hall–Kier alpha value is -4.73. The van der Waals surface area contributed by atoms with E-state index in [0.717, 1.165) is 5.56 Å². The van der Waals surface area contributed by atoms with Gasteiger partial charge in [-0.15, -0.1) is 0 Å². The van der Waals surface area contributed by atoms with E-state index in [9.17, 15) is 38.9 Å². The summed E-state index contributed by atoms with van der Waals surface area (Å²) in [5.41, 5.74) is 6.47. The van der Waals surface area contributed by atoms with E-state index >= 15 is 0 Å². The molecule has 0 saturated carbocycles. The molecule has 1 aromatic carbocycles. The fraction of sp³-hybridized carbons (Fsp3) is 0.486. The predicted octanol–water partition coefficient (Wildman–Crippen LogP) is 0.795. The summed E-state index contributed by atoms with van der Waals surface area (Å²) in [6, 6.07) is 2.11. The predicted molar refractivity (Wildman–Crippen MR) is 179 cm³/mol. The number of cyclic esters (lactones) is 1. The summed E-state index contributed by atoms with van der Waals surface area (Å²) in [5.74, 6) is -2.88. The maximum atomic E-state index is 14.7. The van der Waals surface area contributed by atoms with Gasteiger partial charge in [0, 0.05) is 11.1 Å². The molecule has 7 N–H and O–H groups in total. The fourth-order valence-electron chi connectivity index (χ4n) is 6.65. The van der Waals surface area contributed by atoms with Crippen LogP contribution in [0.4, 0.5) is 4.39 Å². The molecule has 0 saturated heterocycles. The van der Waals surface area contributed by atoms with Gasteiger partial charge in [0.05, 0.1) is 35.6 Å². The molecule has 2 aliphatic heterocycles. The Morgan fingerprint density at radius 2 is 1.92 bits per heavy atom. The van der Waals surface area contributed by atoms with Gasteiger partial charge in [0.25, 0.3) is 5.56 Å². The number of carbonyl (C=O) groups excluding carboxylic acids is 4. The minimum atomic E-state index is -2.03. The summed E-state index contributed by atoms with van der Waals surface area (Å²) in [7, 11) is 0. The molecule has 1 aliphatic carbocycles. The van der Waals surface area contributed by atoms with Crippen molar-refractivity contribution < 1.29 is 38.1 Å². The van der Waals surface area contributed by atoms with Crippen molar-refractivity contribution in [2.24, 2.45) is 11.7 Å². The van der Waals surface area contributed by atoms with Crippen molar-refractivity contribution in [2.75, 3.05) is 13.3 Å². The summed E-state index contributed by atoms with van der Waals surface area (Å²) < 4.78 is 26.6. The van der Waals surface area contributed by atoms with E-state index in [4.69, 9.17) is 15.2 Å². The van der Waals surface area contributed by atoms with Gasteiger partial charge in [0.1, 0.15) is 31.8 Å². The molecule has 5 rings (SSSR count). The van der Waals surface area contributed by atoms with E-state index in [2.05, 4.69) is 16.0 Å². The lowest BCUT2D eigenvalue weighted by atomic mass is 9.78. The third kappa shape index (κ3) is 6.60. The van der Waals surface area contributed by atoms with Gasteiger partial charge in [-0.1, -0.05) is 26.8 Å². The van der Waals surface area contributed by atoms with Crippen LogP contribution in [0.15, 0.2) is 28.6 Å². The highest BCUT2D eigenvalue weighted by Crippen LogP contribution is 2.40. The number of pyridine rings is 1. The minimum absolute atomic E-state index is 0.0269. The number of esters is 1. The van der Waals surface area contributed by atoms with Crippen LogP contribution in [-0.2, 0) is 53.8 Å². The van der Waals surface area contributed by atoms with E-state index in [0.29, 0.717) is 35.1 Å². The third-order valence-electron chi connectivity index (χ3n) is 9.79. The average Bonchev–Trinajstić information content (AvgIpc) is 3.41. The molecule has 3 amide bonds. The zero-order valence-corrected chi connectivity index (χ0v) is 28.7. The van der Waals surface area contributed by atoms with Crippen molar-refractivity contribution in [3.63, 3.8) is 0 Å². The SMILES string of the molecule is CC[C@@]1(O)C(=O)OCc2c1cc1n(c2=O)C/C(=C2/c3ccc(F)c(C)c3CC[C@@H]2NC(=O)COCNC(=O)[C@H](C)NC(=O)[C@@H](N)C(C)C)C1=N. The fourth-order valence-corrected chi connectivity index (χ4v) is 6.65. The summed E-state index contributed by atoms with van der Waals surface area (Å²) in [4.78, 5) is 64.0. The summed E-state index contributed by atoms with van der Waals surface area (Å²) in [6.45, 7) is 7.25. The number of rotatable bonds is 10. The molecule has 2 aromatic rings. The number of nitrogens with two attached hydrogens (primary N) is 1. The highest BCUT2D eigenvalue weighted by Gasteiger charge is 2.46. The van der Waals surface area contributed by atoms with Gasteiger partial charge in [-0.25, -0.2) is 9.18 Å². The second-order valence-electron chi connectivity index (χ2n) is 13.3. The van der Waals surface area contributed by atoms with Crippen molar-refractivity contribution in [1.29, 1.82) is 5.41 Å². The lowest BCUT2D eigenvalue weighted by Crippen LogP contribution is -2.52. The van der Waals surface area contributed by atoms with Crippen LogP contribution in [0.25, 0.3) is 5.57 Å². The van der Waals surface area contributed by atoms with Crippen LogP contribution in [0.2, 0.25) is 0 Å². The first kappa shape index (κ1) is 36.5. The summed E-state index contributed by atoms with van der Waals surface area (Å²) >= 11 is 0. The quantitative estimate of drug-likeness (QED) is 0.118. The number of benzene rings is 1. The van der Waals surface area contributed by atoms with Crippen LogP contribution >= 0.6 is 0 Å². The molecule has 0 fully saturated rings. The van der Waals surface area contributed by atoms with Crippen molar-refractivity contribution in [1.82, 2.24) is 20.5 Å². The lowest BCUT2D eigenvalue weighted by molar-refractivity contribution is -0.172. The topological polar surface area (TPSA) is 215 Å². The molecule has 4 atom stereocenters. The number of ether oxygens (including phenoxy) is 2. The van der Waals surface area contributed by atoms with Crippen molar-refractivity contribution >= 4 is 35.0 Å². The second-order valence-corrected chi connectivity index (χ2v) is 13.3. The van der Waals surface area contributed by atoms with Gasteiger partial charge < -0.3 is 40.8 Å². The van der Waals surface area contributed by atoms with Gasteiger partial charge in [0.15, 0.2) is 5.60 Å². The lowest BCUT2D eigenvalue weighted by Gasteiger charge is -2.31. The number of hydrogen-bond acceptors (Lipinski definition) is 10. The first-order chi connectivity index (χ1) is 23.6. The normalized spacial score (nSPS) is 22.2. The molecule has 3 heterocycles. The Balaban J connectivity index is 1.36. The number of halogens is 1. The highest BCUT2D eigenvalue weighted by atomic mass is 19.1. The number of amides is 3. The van der Waals surface area contributed by atoms with E-state index < -0.39 is 59.6 Å². The molecule has 1 aromatic heterocycles. The molecule has 0 bridgehead atoms. The van der Waals surface area contributed by atoms with E-state index in [1.807, 2.05) is 0 Å². The van der Waals surface area contributed by atoms with Crippen LogP contribution in [-0.4, -0.2) is 70.5 Å². The zero-order valence-electron chi connectivity index (χ0n) is 28.7. The van der Waals surface area contributed by atoms with Gasteiger partial charge >= 0.3 is 5.97 Å². The number of aliphatic hydroxyl groups is 1. The smallest absolute Gasteiger partial charge is 0.343 e. The van der Waals surface area contributed by atoms with Crippen molar-refractivity contribution in [3.05, 3.63) is 73.5 Å². The van der Waals surface area contributed by atoms with Gasteiger partial charge in [0.2, 0.25) is 17.7 Å². The highest BCUT2D eigenvalue weighted by molar-refractivity contribution is 6.16. The van der Waals surface area contributed by atoms with Crippen LogP contribution in [0, 0.1) is 24.1 Å². The Labute approximate surface area is 288 Å². The second kappa shape index (κ2) is 14.2. The average molecular weight is 695 g/mol. The van der Waals surface area contributed by atoms with E-state index in [1.54, 1.807) is 33.8 Å². The number of nitrogens with zero attached hydrogens (tertiary/aromatic N) is 1. The molecule has 268 valence electrons. The number of nitrogens with one attached hydrogen (secondary N) is 4. The standard InChI is InChI=1S/C35H43FN6O8/c1-6-35(48)23-11-26-30(38)21(12-42(26)33(46)22(23)13-50-34(35)47)28-20-7-9-24(36)17(4)19(20)8-10-25(28)41-27(43)14-49-15-39-31(44)18(5)40-32(45)29(37)16(2)3/h7,9,11,16,18,25,29,38,48H,6,8,10,12-15,37H2,1-5H3,(H,39,44)(H,40,45)(H,41,43)/b28-21+,38-30?/t18-,25-,29-,35-/m0/s1. The van der Waals surface area contributed by atoms with Gasteiger partial charge in [-0.2, -0.15) is 0 Å². The maximum absolute atomic E-state index is 14.7. The first-order valence-corrected chi connectivity index (χ1v) is 16.6. The number of hydrogen-bond donors (Lipinski definition) is 6.